The van der Waals surface area contributed by atoms with Gasteiger partial charge in [-0.05, 0) is 36.8 Å². The molecule has 7 heteroatoms. The average molecular weight is 376 g/mol. The summed E-state index contributed by atoms with van der Waals surface area (Å²) >= 11 is 6.18. The molecule has 1 heterocycles. The SMILES string of the molecule is Cc1cccc(C(C)C)c1NC(=O)COC(=O)c1n[nH]c(C2CC2)c1Cl. The van der Waals surface area contributed by atoms with E-state index in [9.17, 15) is 9.59 Å². The third-order valence-electron chi connectivity index (χ3n) is 4.44. The Morgan fingerprint density at radius 2 is 2.12 bits per heavy atom. The van der Waals surface area contributed by atoms with Gasteiger partial charge in [-0.2, -0.15) is 5.10 Å². The van der Waals surface area contributed by atoms with Crippen LogP contribution in [0.25, 0.3) is 0 Å². The van der Waals surface area contributed by atoms with Gasteiger partial charge < -0.3 is 10.1 Å². The summed E-state index contributed by atoms with van der Waals surface area (Å²) < 4.78 is 5.08. The van der Waals surface area contributed by atoms with Gasteiger partial charge >= 0.3 is 5.97 Å². The van der Waals surface area contributed by atoms with E-state index in [0.29, 0.717) is 10.9 Å². The number of amides is 1. The van der Waals surface area contributed by atoms with Crippen LogP contribution in [0.2, 0.25) is 5.02 Å². The molecule has 0 saturated heterocycles. The second-order valence-electron chi connectivity index (χ2n) is 6.89. The van der Waals surface area contributed by atoms with Gasteiger partial charge in [-0.3, -0.25) is 9.89 Å². The highest BCUT2D eigenvalue weighted by Crippen LogP contribution is 2.42. The lowest BCUT2D eigenvalue weighted by molar-refractivity contribution is -0.119. The van der Waals surface area contributed by atoms with Crippen LogP contribution in [0, 0.1) is 6.92 Å². The summed E-state index contributed by atoms with van der Waals surface area (Å²) in [5, 5.41) is 9.84. The molecule has 26 heavy (non-hydrogen) atoms. The maximum atomic E-state index is 12.2. The standard InChI is InChI=1S/C19H22ClN3O3/c1-10(2)13-6-4-5-11(3)16(13)21-14(24)9-26-19(25)18-15(20)17(22-23-18)12-7-8-12/h4-6,10,12H,7-9H2,1-3H3,(H,21,24)(H,22,23). The Morgan fingerprint density at radius 3 is 2.77 bits per heavy atom. The highest BCUT2D eigenvalue weighted by molar-refractivity contribution is 6.34. The number of para-hydroxylation sites is 1. The van der Waals surface area contributed by atoms with Crippen LogP contribution in [0.1, 0.15) is 65.8 Å². The molecule has 1 aliphatic carbocycles. The molecule has 138 valence electrons. The maximum absolute atomic E-state index is 12.2. The van der Waals surface area contributed by atoms with Gasteiger partial charge in [0.2, 0.25) is 0 Å². The molecule has 0 aliphatic heterocycles. The van der Waals surface area contributed by atoms with Crippen molar-refractivity contribution in [1.82, 2.24) is 10.2 Å². The lowest BCUT2D eigenvalue weighted by atomic mass is 9.98. The zero-order valence-corrected chi connectivity index (χ0v) is 15.8. The van der Waals surface area contributed by atoms with Crippen molar-refractivity contribution >= 4 is 29.2 Å². The first-order valence-corrected chi connectivity index (χ1v) is 9.06. The molecule has 0 spiro atoms. The van der Waals surface area contributed by atoms with E-state index < -0.39 is 18.5 Å². The average Bonchev–Trinajstić information content (AvgIpc) is 3.36. The van der Waals surface area contributed by atoms with Crippen molar-refractivity contribution in [1.29, 1.82) is 0 Å². The third kappa shape index (κ3) is 3.90. The number of aromatic amines is 1. The molecule has 2 N–H and O–H groups in total. The molecular formula is C19H22ClN3O3. The van der Waals surface area contributed by atoms with E-state index >= 15 is 0 Å². The molecule has 1 amide bonds. The zero-order chi connectivity index (χ0) is 18.8. The first-order chi connectivity index (χ1) is 12.4. The molecule has 1 aromatic heterocycles. The molecular weight excluding hydrogens is 354 g/mol. The molecule has 1 aliphatic rings. The topological polar surface area (TPSA) is 84.1 Å². The monoisotopic (exact) mass is 375 g/mol. The number of esters is 1. The lowest BCUT2D eigenvalue weighted by Gasteiger charge is -2.16. The number of benzene rings is 1. The molecule has 6 nitrogen and oxygen atoms in total. The number of H-pyrrole nitrogens is 1. The third-order valence-corrected chi connectivity index (χ3v) is 4.82. The fourth-order valence-electron chi connectivity index (χ4n) is 2.84. The van der Waals surface area contributed by atoms with Gasteiger partial charge in [0.05, 0.1) is 10.7 Å². The summed E-state index contributed by atoms with van der Waals surface area (Å²) in [6.45, 7) is 5.64. The number of halogens is 1. The number of nitrogens with one attached hydrogen (secondary N) is 2. The number of nitrogens with zero attached hydrogens (tertiary/aromatic N) is 1. The Kier molecular flexibility index (Phi) is 5.32. The normalized spacial score (nSPS) is 13.7. The zero-order valence-electron chi connectivity index (χ0n) is 15.1. The summed E-state index contributed by atoms with van der Waals surface area (Å²) in [7, 11) is 0. The molecule has 2 aromatic rings. The first kappa shape index (κ1) is 18.5. The molecule has 1 saturated carbocycles. The smallest absolute Gasteiger partial charge is 0.360 e. The summed E-state index contributed by atoms with van der Waals surface area (Å²) in [6.07, 6.45) is 2.07. The van der Waals surface area contributed by atoms with Gasteiger partial charge in [-0.1, -0.05) is 43.6 Å². The van der Waals surface area contributed by atoms with Crippen LogP contribution >= 0.6 is 11.6 Å². The second-order valence-corrected chi connectivity index (χ2v) is 7.27. The van der Waals surface area contributed by atoms with Crippen molar-refractivity contribution in [3.63, 3.8) is 0 Å². The van der Waals surface area contributed by atoms with Crippen molar-refractivity contribution in [3.8, 4) is 0 Å². The number of carbonyl (C=O) groups excluding carboxylic acids is 2. The Balaban J connectivity index is 1.62. The van der Waals surface area contributed by atoms with E-state index in [1.807, 2.05) is 25.1 Å². The predicted octanol–water partition coefficient (Wildman–Crippen LogP) is 4.17. The predicted molar refractivity (Wildman–Crippen MR) is 99.8 cm³/mol. The van der Waals surface area contributed by atoms with Gasteiger partial charge in [0.25, 0.3) is 5.91 Å². The Labute approximate surface area is 157 Å². The number of hydrogen-bond donors (Lipinski definition) is 2. The van der Waals surface area contributed by atoms with Gasteiger partial charge in [-0.25, -0.2) is 4.79 Å². The van der Waals surface area contributed by atoms with Crippen molar-refractivity contribution in [3.05, 3.63) is 45.7 Å². The van der Waals surface area contributed by atoms with E-state index in [2.05, 4.69) is 29.4 Å². The molecule has 1 aromatic carbocycles. The highest BCUT2D eigenvalue weighted by atomic mass is 35.5. The van der Waals surface area contributed by atoms with Crippen LogP contribution < -0.4 is 5.32 Å². The number of rotatable bonds is 6. The van der Waals surface area contributed by atoms with Gasteiger partial charge in [-0.15, -0.1) is 0 Å². The summed E-state index contributed by atoms with van der Waals surface area (Å²) in [5.74, 6) is -0.502. The summed E-state index contributed by atoms with van der Waals surface area (Å²) in [5.41, 5.74) is 3.55. The molecule has 0 bridgehead atoms. The molecule has 0 atom stereocenters. The number of aromatic nitrogens is 2. The highest BCUT2D eigenvalue weighted by Gasteiger charge is 2.31. The minimum absolute atomic E-state index is 0.0279. The van der Waals surface area contributed by atoms with E-state index in [1.54, 1.807) is 0 Å². The number of aryl methyl sites for hydroxylation is 1. The minimum atomic E-state index is -0.706. The fraction of sp³-hybridized carbons (Fsp3) is 0.421. The van der Waals surface area contributed by atoms with Crippen LogP contribution in [0.15, 0.2) is 18.2 Å². The van der Waals surface area contributed by atoms with Crippen molar-refractivity contribution in [2.45, 2.75) is 45.4 Å². The van der Waals surface area contributed by atoms with Crippen molar-refractivity contribution in [2.24, 2.45) is 0 Å². The number of hydrogen-bond acceptors (Lipinski definition) is 4. The Morgan fingerprint density at radius 1 is 1.38 bits per heavy atom. The van der Waals surface area contributed by atoms with E-state index in [4.69, 9.17) is 16.3 Å². The number of anilines is 1. The maximum Gasteiger partial charge on any atom is 0.360 e. The molecule has 3 rings (SSSR count). The van der Waals surface area contributed by atoms with Gasteiger partial charge in [0.15, 0.2) is 12.3 Å². The van der Waals surface area contributed by atoms with Crippen LogP contribution in [0.3, 0.4) is 0 Å². The van der Waals surface area contributed by atoms with E-state index in [-0.39, 0.29) is 11.6 Å². The van der Waals surface area contributed by atoms with Crippen molar-refractivity contribution < 1.29 is 14.3 Å². The first-order valence-electron chi connectivity index (χ1n) is 8.68. The quantitative estimate of drug-likeness (QED) is 0.742. The molecule has 0 unspecified atom stereocenters. The van der Waals surface area contributed by atoms with E-state index in [1.165, 1.54) is 0 Å². The lowest BCUT2D eigenvalue weighted by Crippen LogP contribution is -2.22. The number of carbonyl (C=O) groups is 2. The summed E-state index contributed by atoms with van der Waals surface area (Å²) in [4.78, 5) is 24.4. The van der Waals surface area contributed by atoms with Crippen LogP contribution in [0.4, 0.5) is 5.69 Å². The van der Waals surface area contributed by atoms with Crippen molar-refractivity contribution in [2.75, 3.05) is 11.9 Å². The molecule has 1 fully saturated rings. The van der Waals surface area contributed by atoms with Gasteiger partial charge in [0, 0.05) is 11.6 Å². The van der Waals surface area contributed by atoms with Gasteiger partial charge in [0.1, 0.15) is 0 Å². The van der Waals surface area contributed by atoms with Crippen LogP contribution in [0.5, 0.6) is 0 Å². The van der Waals surface area contributed by atoms with E-state index in [0.717, 1.165) is 35.3 Å². The summed E-state index contributed by atoms with van der Waals surface area (Å²) in [6, 6.07) is 5.86. The second kappa shape index (κ2) is 7.50. The largest absolute Gasteiger partial charge is 0.451 e. The minimum Gasteiger partial charge on any atom is -0.451 e. The Bertz CT molecular complexity index is 841. The number of ether oxygens (including phenoxy) is 1. The Hall–Kier alpha value is -2.34. The molecule has 0 radical (unpaired) electrons. The fourth-order valence-corrected chi connectivity index (χ4v) is 3.15. The van der Waals surface area contributed by atoms with Crippen LogP contribution in [-0.4, -0.2) is 28.7 Å². The van der Waals surface area contributed by atoms with Crippen LogP contribution in [-0.2, 0) is 9.53 Å².